The summed E-state index contributed by atoms with van der Waals surface area (Å²) in [6, 6.07) is 7.70. The van der Waals surface area contributed by atoms with E-state index in [2.05, 4.69) is 10.4 Å². The van der Waals surface area contributed by atoms with Crippen LogP contribution >= 0.6 is 11.3 Å². The van der Waals surface area contributed by atoms with Crippen molar-refractivity contribution in [3.05, 3.63) is 52.3 Å². The topological polar surface area (TPSA) is 81.1 Å². The summed E-state index contributed by atoms with van der Waals surface area (Å²) < 4.78 is 38.0. The standard InChI is InChI=1S/C18H18FN3O3S2/c1-11-15-8-16(17(23)20-14-6-7-27(24,25)10-14)26-18(15)22(21-11)9-12-2-4-13(19)5-3-12/h2-5,8,14H,6-7,9-10H2,1H3,(H,20,23)/t14-/m1/s1. The number of nitrogens with one attached hydrogen (secondary N) is 1. The first-order chi connectivity index (χ1) is 12.8. The average molecular weight is 407 g/mol. The van der Waals surface area contributed by atoms with Gasteiger partial charge >= 0.3 is 0 Å². The number of nitrogens with zero attached hydrogens (tertiary/aromatic N) is 2. The third-order valence-corrected chi connectivity index (χ3v) is 7.56. The smallest absolute Gasteiger partial charge is 0.261 e. The fraction of sp³-hybridized carbons (Fsp3) is 0.333. The number of rotatable bonds is 4. The van der Waals surface area contributed by atoms with E-state index in [0.29, 0.717) is 17.8 Å². The maximum atomic E-state index is 13.1. The van der Waals surface area contributed by atoms with Crippen LogP contribution in [0, 0.1) is 12.7 Å². The molecule has 0 radical (unpaired) electrons. The fourth-order valence-corrected chi connectivity index (χ4v) is 6.00. The molecule has 1 atom stereocenters. The minimum Gasteiger partial charge on any atom is -0.348 e. The van der Waals surface area contributed by atoms with E-state index in [1.54, 1.807) is 22.9 Å². The minimum absolute atomic E-state index is 0.000999. The van der Waals surface area contributed by atoms with Crippen LogP contribution in [0.25, 0.3) is 10.2 Å². The summed E-state index contributed by atoms with van der Waals surface area (Å²) in [7, 11) is -3.04. The molecule has 6 nitrogen and oxygen atoms in total. The van der Waals surface area contributed by atoms with Crippen molar-refractivity contribution in [2.24, 2.45) is 0 Å². The van der Waals surface area contributed by atoms with Gasteiger partial charge in [-0.05, 0) is 37.1 Å². The molecule has 27 heavy (non-hydrogen) atoms. The number of carbonyl (C=O) groups excluding carboxylic acids is 1. The molecule has 4 rings (SSSR count). The lowest BCUT2D eigenvalue weighted by molar-refractivity contribution is 0.0945. The third-order valence-electron chi connectivity index (χ3n) is 4.64. The molecule has 0 aliphatic carbocycles. The maximum Gasteiger partial charge on any atom is 0.261 e. The van der Waals surface area contributed by atoms with Crippen LogP contribution < -0.4 is 5.32 Å². The van der Waals surface area contributed by atoms with Crippen LogP contribution in [0.2, 0.25) is 0 Å². The molecule has 1 aliphatic rings. The number of amides is 1. The molecule has 142 valence electrons. The van der Waals surface area contributed by atoms with Crippen LogP contribution in [0.4, 0.5) is 4.39 Å². The second kappa shape index (κ2) is 6.72. The van der Waals surface area contributed by atoms with Gasteiger partial charge < -0.3 is 5.32 Å². The number of aromatic nitrogens is 2. The Kier molecular flexibility index (Phi) is 4.51. The van der Waals surface area contributed by atoms with Crippen molar-refractivity contribution >= 4 is 37.3 Å². The predicted molar refractivity (Wildman–Crippen MR) is 102 cm³/mol. The summed E-state index contributed by atoms with van der Waals surface area (Å²) in [5.74, 6) is -0.424. The van der Waals surface area contributed by atoms with E-state index in [4.69, 9.17) is 0 Å². The van der Waals surface area contributed by atoms with Gasteiger partial charge in [-0.2, -0.15) is 5.10 Å². The third kappa shape index (κ3) is 3.74. The lowest BCUT2D eigenvalue weighted by Crippen LogP contribution is -2.35. The molecule has 1 saturated heterocycles. The molecule has 1 N–H and O–H groups in total. The molecule has 0 saturated carbocycles. The zero-order valence-electron chi connectivity index (χ0n) is 14.6. The van der Waals surface area contributed by atoms with Crippen molar-refractivity contribution in [1.82, 2.24) is 15.1 Å². The van der Waals surface area contributed by atoms with Gasteiger partial charge in [-0.1, -0.05) is 12.1 Å². The maximum absolute atomic E-state index is 13.1. The summed E-state index contributed by atoms with van der Waals surface area (Å²) in [4.78, 5) is 13.9. The number of aryl methyl sites for hydroxylation is 1. The van der Waals surface area contributed by atoms with E-state index >= 15 is 0 Å². The first kappa shape index (κ1) is 18.1. The van der Waals surface area contributed by atoms with Gasteiger partial charge in [0.25, 0.3) is 5.91 Å². The van der Waals surface area contributed by atoms with E-state index in [-0.39, 0.29) is 29.3 Å². The second-order valence-corrected chi connectivity index (χ2v) is 10.0. The van der Waals surface area contributed by atoms with E-state index < -0.39 is 9.84 Å². The molecular formula is C18H18FN3O3S2. The average Bonchev–Trinajstić information content (AvgIpc) is 3.26. The first-order valence-corrected chi connectivity index (χ1v) is 11.2. The minimum atomic E-state index is -3.04. The molecule has 3 heterocycles. The van der Waals surface area contributed by atoms with Gasteiger partial charge in [0, 0.05) is 11.4 Å². The number of halogens is 1. The van der Waals surface area contributed by atoms with Gasteiger partial charge in [-0.15, -0.1) is 11.3 Å². The number of thiophene rings is 1. The molecule has 0 spiro atoms. The summed E-state index contributed by atoms with van der Waals surface area (Å²) >= 11 is 1.32. The van der Waals surface area contributed by atoms with Gasteiger partial charge in [0.05, 0.1) is 28.6 Å². The normalized spacial score (nSPS) is 18.8. The van der Waals surface area contributed by atoms with E-state index in [9.17, 15) is 17.6 Å². The number of fused-ring (bicyclic) bond motifs is 1. The Morgan fingerprint density at radius 2 is 2.11 bits per heavy atom. The summed E-state index contributed by atoms with van der Waals surface area (Å²) in [6.07, 6.45) is 0.455. The Morgan fingerprint density at radius 1 is 1.37 bits per heavy atom. The van der Waals surface area contributed by atoms with Crippen LogP contribution in [-0.4, -0.2) is 41.7 Å². The van der Waals surface area contributed by atoms with Crippen molar-refractivity contribution in [3.63, 3.8) is 0 Å². The number of hydrogen-bond acceptors (Lipinski definition) is 5. The second-order valence-electron chi connectivity index (χ2n) is 6.77. The van der Waals surface area contributed by atoms with Crippen molar-refractivity contribution in [3.8, 4) is 0 Å². The highest BCUT2D eigenvalue weighted by Gasteiger charge is 2.29. The zero-order chi connectivity index (χ0) is 19.2. The van der Waals surface area contributed by atoms with E-state index in [0.717, 1.165) is 21.5 Å². The first-order valence-electron chi connectivity index (χ1n) is 8.53. The Balaban J connectivity index is 1.57. The predicted octanol–water partition coefficient (Wildman–Crippen LogP) is 2.51. The van der Waals surface area contributed by atoms with Crippen LogP contribution in [-0.2, 0) is 16.4 Å². The highest BCUT2D eigenvalue weighted by Crippen LogP contribution is 2.29. The van der Waals surface area contributed by atoms with Crippen molar-refractivity contribution in [1.29, 1.82) is 0 Å². The Bertz CT molecular complexity index is 1120. The molecule has 1 aliphatic heterocycles. The van der Waals surface area contributed by atoms with Gasteiger partial charge in [0.1, 0.15) is 10.6 Å². The Labute approximate surface area is 159 Å². The van der Waals surface area contributed by atoms with Gasteiger partial charge in [0.2, 0.25) is 0 Å². The number of carbonyl (C=O) groups is 1. The number of benzene rings is 1. The zero-order valence-corrected chi connectivity index (χ0v) is 16.2. The largest absolute Gasteiger partial charge is 0.348 e. The van der Waals surface area contributed by atoms with Gasteiger partial charge in [-0.25, -0.2) is 12.8 Å². The SMILES string of the molecule is Cc1nn(Cc2ccc(F)cc2)c2sc(C(=O)N[C@@H]3CCS(=O)(=O)C3)cc12. The molecule has 0 unspecified atom stereocenters. The van der Waals surface area contributed by atoms with Crippen molar-refractivity contribution in [2.75, 3.05) is 11.5 Å². The van der Waals surface area contributed by atoms with Gasteiger partial charge in [-0.3, -0.25) is 9.48 Å². The monoisotopic (exact) mass is 407 g/mol. The number of hydrogen-bond donors (Lipinski definition) is 1. The molecule has 2 aromatic heterocycles. The highest BCUT2D eigenvalue weighted by atomic mass is 32.2. The van der Waals surface area contributed by atoms with E-state index in [1.807, 2.05) is 6.92 Å². The highest BCUT2D eigenvalue weighted by molar-refractivity contribution is 7.91. The van der Waals surface area contributed by atoms with Crippen LogP contribution in [0.1, 0.15) is 27.3 Å². The fourth-order valence-electron chi connectivity index (χ4n) is 3.26. The van der Waals surface area contributed by atoms with Crippen LogP contribution in [0.5, 0.6) is 0 Å². The van der Waals surface area contributed by atoms with Crippen molar-refractivity contribution in [2.45, 2.75) is 25.9 Å². The molecule has 1 fully saturated rings. The quantitative estimate of drug-likeness (QED) is 0.721. The molecule has 1 aromatic carbocycles. The molecule has 0 bridgehead atoms. The molecule has 9 heteroatoms. The lowest BCUT2D eigenvalue weighted by atomic mass is 10.2. The molecule has 1 amide bonds. The molecular weight excluding hydrogens is 389 g/mol. The summed E-state index contributed by atoms with van der Waals surface area (Å²) in [5.41, 5.74) is 1.72. The summed E-state index contributed by atoms with van der Waals surface area (Å²) in [6.45, 7) is 2.36. The number of sulfone groups is 1. The van der Waals surface area contributed by atoms with E-state index in [1.165, 1.54) is 23.5 Å². The lowest BCUT2D eigenvalue weighted by Gasteiger charge is -2.09. The molecule has 3 aromatic rings. The van der Waals surface area contributed by atoms with Gasteiger partial charge in [0.15, 0.2) is 9.84 Å². The Hall–Kier alpha value is -2.26. The van der Waals surface area contributed by atoms with Crippen LogP contribution in [0.15, 0.2) is 30.3 Å². The summed E-state index contributed by atoms with van der Waals surface area (Å²) in [5, 5.41) is 8.22. The van der Waals surface area contributed by atoms with Crippen LogP contribution in [0.3, 0.4) is 0 Å². The van der Waals surface area contributed by atoms with Crippen molar-refractivity contribution < 1.29 is 17.6 Å². The Morgan fingerprint density at radius 3 is 2.78 bits per heavy atom.